The number of hydrogen-bond donors (Lipinski definition) is 0. The van der Waals surface area contributed by atoms with Gasteiger partial charge in [-0.25, -0.2) is 4.98 Å². The van der Waals surface area contributed by atoms with Gasteiger partial charge < -0.3 is 9.47 Å². The molecule has 0 amide bonds. The summed E-state index contributed by atoms with van der Waals surface area (Å²) in [4.78, 5) is 21.5. The van der Waals surface area contributed by atoms with Crippen molar-refractivity contribution >= 4 is 16.7 Å². The minimum Gasteiger partial charge on any atom is -0.494 e. The van der Waals surface area contributed by atoms with Gasteiger partial charge in [-0.3, -0.25) is 9.36 Å². The van der Waals surface area contributed by atoms with Gasteiger partial charge in [0.2, 0.25) is 0 Å². The Bertz CT molecular complexity index is 1130. The zero-order valence-corrected chi connectivity index (χ0v) is 14.4. The Balaban J connectivity index is 1.84. The molecule has 0 aliphatic heterocycles. The predicted molar refractivity (Wildman–Crippen MR) is 95.8 cm³/mol. The third-order valence-electron chi connectivity index (χ3n) is 3.98. The first-order chi connectivity index (χ1) is 12.7. The second-order valence-electron chi connectivity index (χ2n) is 5.65. The molecule has 26 heavy (non-hydrogen) atoms. The number of benzene rings is 1. The van der Waals surface area contributed by atoms with Crippen molar-refractivity contribution in [3.63, 3.8) is 0 Å². The van der Waals surface area contributed by atoms with Crippen molar-refractivity contribution in [3.05, 3.63) is 58.9 Å². The first-order valence-electron chi connectivity index (χ1n) is 8.19. The highest BCUT2D eigenvalue weighted by Gasteiger charge is 2.12. The van der Waals surface area contributed by atoms with Crippen molar-refractivity contribution in [1.29, 1.82) is 0 Å². The van der Waals surface area contributed by atoms with E-state index in [9.17, 15) is 4.79 Å². The lowest BCUT2D eigenvalue weighted by Gasteiger charge is -2.09. The van der Waals surface area contributed by atoms with E-state index in [4.69, 9.17) is 9.47 Å². The smallest absolute Gasteiger partial charge is 0.266 e. The topological polar surface area (TPSA) is 83.5 Å². The number of methoxy groups -OCH3 is 1. The summed E-state index contributed by atoms with van der Waals surface area (Å²) in [6, 6.07) is 9.19. The van der Waals surface area contributed by atoms with E-state index in [2.05, 4.69) is 15.1 Å². The molecule has 0 unspecified atom stereocenters. The average molecular weight is 351 g/mol. The maximum Gasteiger partial charge on any atom is 0.266 e. The van der Waals surface area contributed by atoms with Crippen LogP contribution in [0.5, 0.6) is 5.75 Å². The Hall–Kier alpha value is -3.26. The second kappa shape index (κ2) is 6.57. The van der Waals surface area contributed by atoms with Crippen LogP contribution in [-0.4, -0.2) is 37.9 Å². The summed E-state index contributed by atoms with van der Waals surface area (Å²) < 4.78 is 13.6. The molecule has 0 saturated heterocycles. The molecule has 1 aromatic carbocycles. The van der Waals surface area contributed by atoms with Crippen molar-refractivity contribution < 1.29 is 9.47 Å². The molecule has 0 bridgehead atoms. The maximum absolute atomic E-state index is 12.9. The van der Waals surface area contributed by atoms with E-state index in [0.29, 0.717) is 29.1 Å². The number of aromatic nitrogens is 5. The van der Waals surface area contributed by atoms with Crippen molar-refractivity contribution in [3.8, 4) is 11.4 Å². The molecule has 0 aliphatic carbocycles. The van der Waals surface area contributed by atoms with Crippen LogP contribution in [0, 0.1) is 0 Å². The summed E-state index contributed by atoms with van der Waals surface area (Å²) >= 11 is 0. The second-order valence-corrected chi connectivity index (χ2v) is 5.65. The minimum absolute atomic E-state index is 0.176. The number of fused-ring (bicyclic) bond motifs is 3. The summed E-state index contributed by atoms with van der Waals surface area (Å²) in [5, 5.41) is 4.82. The van der Waals surface area contributed by atoms with E-state index in [0.717, 1.165) is 11.4 Å². The fourth-order valence-corrected chi connectivity index (χ4v) is 2.82. The molecule has 4 rings (SSSR count). The Morgan fingerprint density at radius 1 is 1.15 bits per heavy atom. The normalized spacial score (nSPS) is 11.3. The standard InChI is InChI=1S/C18H17N5O3/c1-3-26-13-6-4-12(5-7-13)22-9-8-15-14(17(22)24)10-19-18-20-16(11-25-2)21-23(15)18/h4-10H,3,11H2,1-2H3. The van der Waals surface area contributed by atoms with Gasteiger partial charge in [-0.2, -0.15) is 9.50 Å². The van der Waals surface area contributed by atoms with E-state index < -0.39 is 0 Å². The summed E-state index contributed by atoms with van der Waals surface area (Å²) in [5.41, 5.74) is 1.22. The van der Waals surface area contributed by atoms with Crippen LogP contribution < -0.4 is 10.3 Å². The molecule has 0 fully saturated rings. The fourth-order valence-electron chi connectivity index (χ4n) is 2.82. The lowest BCUT2D eigenvalue weighted by molar-refractivity contribution is 0.178. The molecule has 8 heteroatoms. The molecule has 8 nitrogen and oxygen atoms in total. The largest absolute Gasteiger partial charge is 0.494 e. The molecule has 0 aliphatic rings. The van der Waals surface area contributed by atoms with Gasteiger partial charge in [-0.1, -0.05) is 0 Å². The molecule has 3 aromatic heterocycles. The Morgan fingerprint density at radius 2 is 1.96 bits per heavy atom. The maximum atomic E-state index is 12.9. The summed E-state index contributed by atoms with van der Waals surface area (Å²) in [5.74, 6) is 1.72. The molecule has 4 aromatic rings. The molecule has 0 atom stereocenters. The molecular weight excluding hydrogens is 334 g/mol. The third-order valence-corrected chi connectivity index (χ3v) is 3.98. The lowest BCUT2D eigenvalue weighted by atomic mass is 10.2. The number of pyridine rings is 1. The molecule has 0 saturated carbocycles. The number of ether oxygens (including phenoxy) is 2. The van der Waals surface area contributed by atoms with E-state index in [1.165, 1.54) is 6.20 Å². The van der Waals surface area contributed by atoms with Crippen molar-refractivity contribution in [1.82, 2.24) is 24.1 Å². The first kappa shape index (κ1) is 16.2. The van der Waals surface area contributed by atoms with E-state index in [1.807, 2.05) is 37.3 Å². The number of rotatable bonds is 5. The summed E-state index contributed by atoms with van der Waals surface area (Å²) in [7, 11) is 1.58. The van der Waals surface area contributed by atoms with Gasteiger partial charge in [0.1, 0.15) is 12.4 Å². The monoisotopic (exact) mass is 351 g/mol. The Morgan fingerprint density at radius 3 is 2.69 bits per heavy atom. The lowest BCUT2D eigenvalue weighted by Crippen LogP contribution is -2.18. The molecule has 0 radical (unpaired) electrons. The zero-order chi connectivity index (χ0) is 18.1. The van der Waals surface area contributed by atoms with E-state index >= 15 is 0 Å². The van der Waals surface area contributed by atoms with Crippen LogP contribution in [0.1, 0.15) is 12.7 Å². The van der Waals surface area contributed by atoms with Crippen LogP contribution >= 0.6 is 0 Å². The highest BCUT2D eigenvalue weighted by atomic mass is 16.5. The van der Waals surface area contributed by atoms with Crippen LogP contribution in [0.3, 0.4) is 0 Å². The van der Waals surface area contributed by atoms with Crippen molar-refractivity contribution in [2.75, 3.05) is 13.7 Å². The van der Waals surface area contributed by atoms with Crippen LogP contribution in [0.15, 0.2) is 47.5 Å². The van der Waals surface area contributed by atoms with Gasteiger partial charge in [-0.15, -0.1) is 5.10 Å². The molecule has 0 spiro atoms. The van der Waals surface area contributed by atoms with Crippen LogP contribution in [0.4, 0.5) is 0 Å². The summed E-state index contributed by atoms with van der Waals surface area (Å²) in [6.45, 7) is 2.81. The molecule has 132 valence electrons. The van der Waals surface area contributed by atoms with Gasteiger partial charge in [0.25, 0.3) is 11.3 Å². The molecule has 0 N–H and O–H groups in total. The van der Waals surface area contributed by atoms with Gasteiger partial charge in [0, 0.05) is 25.2 Å². The van der Waals surface area contributed by atoms with Crippen molar-refractivity contribution in [2.45, 2.75) is 13.5 Å². The molecule has 3 heterocycles. The van der Waals surface area contributed by atoms with Crippen molar-refractivity contribution in [2.24, 2.45) is 0 Å². The van der Waals surface area contributed by atoms with E-state index in [-0.39, 0.29) is 12.2 Å². The first-order valence-corrected chi connectivity index (χ1v) is 8.19. The van der Waals surface area contributed by atoms with Crippen LogP contribution in [-0.2, 0) is 11.3 Å². The van der Waals surface area contributed by atoms with Crippen LogP contribution in [0.2, 0.25) is 0 Å². The fraction of sp³-hybridized carbons (Fsp3) is 0.222. The Kier molecular flexibility index (Phi) is 4.10. The van der Waals surface area contributed by atoms with Crippen LogP contribution in [0.25, 0.3) is 22.4 Å². The average Bonchev–Trinajstić information content (AvgIpc) is 3.06. The highest BCUT2D eigenvalue weighted by Crippen LogP contribution is 2.16. The highest BCUT2D eigenvalue weighted by molar-refractivity contribution is 5.78. The van der Waals surface area contributed by atoms with E-state index in [1.54, 1.807) is 22.4 Å². The quantitative estimate of drug-likeness (QED) is 0.547. The Labute approximate surface area is 148 Å². The predicted octanol–water partition coefficient (Wildman–Crippen LogP) is 1.97. The minimum atomic E-state index is -0.176. The third kappa shape index (κ3) is 2.70. The SMILES string of the molecule is CCOc1ccc(-n2ccc3c(cnc4nc(COC)nn43)c2=O)cc1. The van der Waals surface area contributed by atoms with Gasteiger partial charge in [0.15, 0.2) is 5.82 Å². The van der Waals surface area contributed by atoms with Gasteiger partial charge in [0.05, 0.1) is 17.5 Å². The van der Waals surface area contributed by atoms with Gasteiger partial charge >= 0.3 is 0 Å². The number of nitrogens with zero attached hydrogens (tertiary/aromatic N) is 5. The summed E-state index contributed by atoms with van der Waals surface area (Å²) in [6.07, 6.45) is 3.25. The molecular formula is C18H17N5O3. The number of hydrogen-bond acceptors (Lipinski definition) is 6. The zero-order valence-electron chi connectivity index (χ0n) is 14.4. The van der Waals surface area contributed by atoms with Gasteiger partial charge in [-0.05, 0) is 37.3 Å².